The molecule has 0 bridgehead atoms. The van der Waals surface area contributed by atoms with Gasteiger partial charge in [0.25, 0.3) is 0 Å². The monoisotopic (exact) mass is 478 g/mol. The van der Waals surface area contributed by atoms with Gasteiger partial charge in [0, 0.05) is 31.5 Å². The van der Waals surface area contributed by atoms with Crippen molar-refractivity contribution in [2.24, 2.45) is 5.41 Å². The number of hydrogen-bond acceptors (Lipinski definition) is 4. The van der Waals surface area contributed by atoms with E-state index in [9.17, 15) is 19.5 Å². The van der Waals surface area contributed by atoms with Crippen molar-refractivity contribution in [3.63, 3.8) is 0 Å². The zero-order chi connectivity index (χ0) is 25.0. The Labute approximate surface area is 206 Å². The zero-order valence-corrected chi connectivity index (χ0v) is 20.5. The van der Waals surface area contributed by atoms with E-state index >= 15 is 0 Å². The van der Waals surface area contributed by atoms with Gasteiger partial charge in [-0.15, -0.1) is 0 Å². The Morgan fingerprint density at radius 3 is 2.11 bits per heavy atom. The van der Waals surface area contributed by atoms with Crippen molar-refractivity contribution in [3.05, 3.63) is 59.7 Å². The summed E-state index contributed by atoms with van der Waals surface area (Å²) in [7, 11) is 0. The Morgan fingerprint density at radius 1 is 1.03 bits per heavy atom. The molecule has 1 heterocycles. The van der Waals surface area contributed by atoms with Crippen LogP contribution >= 0.6 is 0 Å². The van der Waals surface area contributed by atoms with Gasteiger partial charge in [-0.2, -0.15) is 0 Å². The predicted molar refractivity (Wildman–Crippen MR) is 133 cm³/mol. The van der Waals surface area contributed by atoms with Gasteiger partial charge in [-0.25, -0.2) is 4.79 Å². The number of fused-ring (bicyclic) bond motifs is 3. The van der Waals surface area contributed by atoms with Crippen molar-refractivity contribution in [1.82, 2.24) is 10.2 Å². The van der Waals surface area contributed by atoms with Gasteiger partial charge < -0.3 is 20.1 Å². The molecule has 7 nitrogen and oxygen atoms in total. The van der Waals surface area contributed by atoms with E-state index < -0.39 is 17.5 Å². The number of benzene rings is 2. The smallest absolute Gasteiger partial charge is 0.407 e. The molecule has 0 aromatic heterocycles. The highest BCUT2D eigenvalue weighted by atomic mass is 16.5. The number of rotatable bonds is 8. The van der Waals surface area contributed by atoms with E-state index in [-0.39, 0.29) is 30.9 Å². The molecule has 7 heteroatoms. The topological polar surface area (TPSA) is 95.9 Å². The van der Waals surface area contributed by atoms with Crippen LogP contribution in [0.3, 0.4) is 0 Å². The lowest BCUT2D eigenvalue weighted by atomic mass is 9.76. The Morgan fingerprint density at radius 2 is 1.60 bits per heavy atom. The summed E-state index contributed by atoms with van der Waals surface area (Å²) in [6.45, 7) is 4.90. The van der Waals surface area contributed by atoms with E-state index in [1.54, 1.807) is 4.90 Å². The molecule has 1 fully saturated rings. The maximum Gasteiger partial charge on any atom is 0.407 e. The molecule has 0 saturated carbocycles. The number of amides is 2. The van der Waals surface area contributed by atoms with Crippen LogP contribution in [0.2, 0.25) is 0 Å². The lowest BCUT2D eigenvalue weighted by Crippen LogP contribution is -2.48. The van der Waals surface area contributed by atoms with E-state index in [0.717, 1.165) is 11.1 Å². The van der Waals surface area contributed by atoms with E-state index in [2.05, 4.69) is 29.6 Å². The fraction of sp³-hybridized carbons (Fsp3) is 0.464. The normalized spacial score (nSPS) is 17.3. The van der Waals surface area contributed by atoms with E-state index in [4.69, 9.17) is 4.74 Å². The first kappa shape index (κ1) is 24.8. The minimum Gasteiger partial charge on any atom is -0.481 e. The molecule has 35 heavy (non-hydrogen) atoms. The van der Waals surface area contributed by atoms with Crippen LogP contribution in [0.1, 0.15) is 63.0 Å². The second-order valence-corrected chi connectivity index (χ2v) is 9.60. The minimum atomic E-state index is -0.782. The van der Waals surface area contributed by atoms with Gasteiger partial charge in [-0.1, -0.05) is 62.4 Å². The molecule has 0 radical (unpaired) electrons. The van der Waals surface area contributed by atoms with Crippen molar-refractivity contribution < 1.29 is 24.2 Å². The van der Waals surface area contributed by atoms with Crippen LogP contribution in [0.25, 0.3) is 11.1 Å². The molecular formula is C28H34N2O5. The fourth-order valence-corrected chi connectivity index (χ4v) is 5.35. The second-order valence-electron chi connectivity index (χ2n) is 9.60. The lowest BCUT2D eigenvalue weighted by molar-refractivity contribution is -0.154. The number of piperidine rings is 1. The molecule has 1 saturated heterocycles. The number of nitrogens with zero attached hydrogens (tertiary/aromatic N) is 1. The number of ether oxygens (including phenoxy) is 1. The first-order valence-electron chi connectivity index (χ1n) is 12.5. The van der Waals surface area contributed by atoms with Crippen molar-refractivity contribution in [1.29, 1.82) is 0 Å². The molecule has 0 spiro atoms. The third kappa shape index (κ3) is 5.04. The second kappa shape index (κ2) is 10.5. The molecular weight excluding hydrogens is 444 g/mol. The number of carboxylic acids is 1. The quantitative estimate of drug-likeness (QED) is 0.568. The van der Waals surface area contributed by atoms with Gasteiger partial charge >= 0.3 is 12.1 Å². The number of carbonyl (C=O) groups excluding carboxylic acids is 2. The third-order valence-electron chi connectivity index (χ3n) is 7.78. The number of aliphatic carboxylic acids is 1. The summed E-state index contributed by atoms with van der Waals surface area (Å²) in [6.07, 6.45) is 1.72. The van der Waals surface area contributed by atoms with Crippen molar-refractivity contribution in [2.75, 3.05) is 19.7 Å². The van der Waals surface area contributed by atoms with Crippen molar-refractivity contribution >= 4 is 18.0 Å². The maximum absolute atomic E-state index is 12.8. The summed E-state index contributed by atoms with van der Waals surface area (Å²) in [6, 6.07) is 16.0. The van der Waals surface area contributed by atoms with Crippen LogP contribution in [-0.2, 0) is 14.3 Å². The average molecular weight is 479 g/mol. The maximum atomic E-state index is 12.8. The lowest BCUT2D eigenvalue weighted by Gasteiger charge is -2.38. The highest BCUT2D eigenvalue weighted by Crippen LogP contribution is 2.44. The van der Waals surface area contributed by atoms with Gasteiger partial charge in [0.15, 0.2) is 0 Å². The summed E-state index contributed by atoms with van der Waals surface area (Å²) in [5.41, 5.74) is 3.91. The number of alkyl carbamates (subject to hydrolysis) is 1. The van der Waals surface area contributed by atoms with Crippen molar-refractivity contribution in [2.45, 2.75) is 57.9 Å². The van der Waals surface area contributed by atoms with Gasteiger partial charge in [0.05, 0.1) is 5.41 Å². The molecule has 4 rings (SSSR count). The summed E-state index contributed by atoms with van der Waals surface area (Å²) >= 11 is 0. The molecule has 186 valence electrons. The van der Waals surface area contributed by atoms with Crippen LogP contribution in [0.4, 0.5) is 4.79 Å². The van der Waals surface area contributed by atoms with Crippen LogP contribution in [0.15, 0.2) is 48.5 Å². The van der Waals surface area contributed by atoms with Gasteiger partial charge in [-0.05, 0) is 47.9 Å². The summed E-state index contributed by atoms with van der Waals surface area (Å²) in [4.78, 5) is 38.9. The zero-order valence-electron chi connectivity index (χ0n) is 20.5. The van der Waals surface area contributed by atoms with Crippen LogP contribution in [0.5, 0.6) is 0 Å². The van der Waals surface area contributed by atoms with E-state index in [1.807, 2.05) is 38.1 Å². The summed E-state index contributed by atoms with van der Waals surface area (Å²) in [5.74, 6) is -0.863. The van der Waals surface area contributed by atoms with Crippen LogP contribution < -0.4 is 5.32 Å². The molecule has 1 aliphatic heterocycles. The number of likely N-dealkylation sites (tertiary alicyclic amines) is 1. The Bertz CT molecular complexity index is 1040. The number of carboxylic acid groups (broad SMARTS) is 1. The highest BCUT2D eigenvalue weighted by Gasteiger charge is 2.41. The molecule has 2 aliphatic rings. The Kier molecular flexibility index (Phi) is 7.43. The molecule has 2 amide bonds. The number of hydrogen-bond donors (Lipinski definition) is 2. The van der Waals surface area contributed by atoms with E-state index in [1.165, 1.54) is 11.1 Å². The first-order valence-corrected chi connectivity index (χ1v) is 12.5. The number of nitrogens with one attached hydrogen (secondary N) is 1. The summed E-state index contributed by atoms with van der Waals surface area (Å²) < 4.78 is 5.63. The highest BCUT2D eigenvalue weighted by molar-refractivity contribution is 5.80. The average Bonchev–Trinajstić information content (AvgIpc) is 3.20. The van der Waals surface area contributed by atoms with Crippen molar-refractivity contribution in [3.8, 4) is 11.1 Å². The molecule has 1 atom stereocenters. The fourth-order valence-electron chi connectivity index (χ4n) is 5.35. The molecule has 1 aliphatic carbocycles. The molecule has 2 aromatic carbocycles. The first-order chi connectivity index (χ1) is 16.9. The van der Waals surface area contributed by atoms with Gasteiger partial charge in [0.1, 0.15) is 6.61 Å². The van der Waals surface area contributed by atoms with Crippen LogP contribution in [0, 0.1) is 5.41 Å². The number of carbonyl (C=O) groups is 3. The predicted octanol–water partition coefficient (Wildman–Crippen LogP) is 4.80. The summed E-state index contributed by atoms with van der Waals surface area (Å²) in [5, 5.41) is 12.4. The van der Waals surface area contributed by atoms with Crippen LogP contribution in [-0.4, -0.2) is 53.7 Å². The van der Waals surface area contributed by atoms with Gasteiger partial charge in [0.2, 0.25) is 5.91 Å². The van der Waals surface area contributed by atoms with E-state index in [0.29, 0.717) is 38.8 Å². The molecule has 2 aromatic rings. The Balaban J connectivity index is 1.30. The minimum absolute atomic E-state index is 0.0173. The standard InChI is InChI=1S/C28H34N2O5/c1-3-19(17-25(31)30-15-13-28(4-2,14-16-30)26(32)33)29-27(34)35-18-24-22-11-7-5-9-20(22)21-10-6-8-12-23(21)24/h5-12,19,24H,3-4,13-18H2,1-2H3,(H,29,34)(H,32,33)/t19-/m1/s1. The van der Waals surface area contributed by atoms with Gasteiger partial charge in [-0.3, -0.25) is 9.59 Å². The third-order valence-corrected chi connectivity index (χ3v) is 7.78. The Hall–Kier alpha value is -3.35. The largest absolute Gasteiger partial charge is 0.481 e. The molecule has 0 unspecified atom stereocenters. The molecule has 2 N–H and O–H groups in total. The SMILES string of the molecule is CC[C@H](CC(=O)N1CCC(CC)(C(=O)O)CC1)NC(=O)OCC1c2ccccc2-c2ccccc21.